The number of ether oxygens (including phenoxy) is 2. The van der Waals surface area contributed by atoms with Gasteiger partial charge in [0.25, 0.3) is 0 Å². The van der Waals surface area contributed by atoms with Gasteiger partial charge in [-0.1, -0.05) is 38.1 Å². The van der Waals surface area contributed by atoms with E-state index in [1.807, 2.05) is 30.3 Å². The molecule has 2 rings (SSSR count). The van der Waals surface area contributed by atoms with Gasteiger partial charge >= 0.3 is 5.97 Å². The van der Waals surface area contributed by atoms with Gasteiger partial charge in [-0.15, -0.1) is 0 Å². The molecule has 0 saturated carbocycles. The van der Waals surface area contributed by atoms with Crippen LogP contribution < -0.4 is 4.74 Å². The van der Waals surface area contributed by atoms with E-state index in [9.17, 15) is 14.9 Å². The Morgan fingerprint density at radius 1 is 1.07 bits per heavy atom. The van der Waals surface area contributed by atoms with Crippen molar-refractivity contribution < 1.29 is 19.1 Å². The molecule has 0 unspecified atom stereocenters. The van der Waals surface area contributed by atoms with Crippen LogP contribution in [0.15, 0.2) is 54.1 Å². The summed E-state index contributed by atoms with van der Waals surface area (Å²) in [5, 5.41) is 9.22. The van der Waals surface area contributed by atoms with Crippen LogP contribution in [0.4, 0.5) is 0 Å². The maximum atomic E-state index is 12.1. The lowest BCUT2D eigenvalue weighted by Gasteiger charge is -2.06. The lowest BCUT2D eigenvalue weighted by Crippen LogP contribution is -2.15. The maximum Gasteiger partial charge on any atom is 0.349 e. The first kappa shape index (κ1) is 19.9. The highest BCUT2D eigenvalue weighted by Gasteiger charge is 2.14. The number of hydrogen-bond acceptors (Lipinski definition) is 5. The number of methoxy groups -OCH3 is 1. The van der Waals surface area contributed by atoms with E-state index in [-0.39, 0.29) is 11.4 Å². The average molecular weight is 363 g/mol. The summed E-state index contributed by atoms with van der Waals surface area (Å²) in [5.74, 6) is -0.161. The van der Waals surface area contributed by atoms with E-state index in [0.717, 1.165) is 5.56 Å². The van der Waals surface area contributed by atoms with E-state index in [1.165, 1.54) is 18.7 Å². The van der Waals surface area contributed by atoms with E-state index < -0.39 is 12.6 Å². The Morgan fingerprint density at radius 2 is 1.70 bits per heavy atom. The minimum Gasteiger partial charge on any atom is -0.497 e. The molecule has 0 fully saturated rings. The number of ketones is 1. The summed E-state index contributed by atoms with van der Waals surface area (Å²) in [6, 6.07) is 15.9. The predicted octanol–water partition coefficient (Wildman–Crippen LogP) is 4.15. The molecule has 0 amide bonds. The van der Waals surface area contributed by atoms with Crippen LogP contribution in [0.25, 0.3) is 6.08 Å². The third kappa shape index (κ3) is 5.55. The summed E-state index contributed by atoms with van der Waals surface area (Å²) in [5.41, 5.74) is 2.12. The fourth-order valence-electron chi connectivity index (χ4n) is 2.35. The lowest BCUT2D eigenvalue weighted by atomic mass is 10.0. The Labute approximate surface area is 158 Å². The molecule has 0 aliphatic heterocycles. The Balaban J connectivity index is 2.01. The lowest BCUT2D eigenvalue weighted by molar-refractivity contribution is -0.137. The normalized spacial score (nSPS) is 11.0. The fraction of sp³-hybridized carbons (Fsp3) is 0.227. The highest BCUT2D eigenvalue weighted by Crippen LogP contribution is 2.17. The molecule has 0 atom stereocenters. The molecule has 0 N–H and O–H groups in total. The second-order valence-corrected chi connectivity index (χ2v) is 6.22. The van der Waals surface area contributed by atoms with Crippen LogP contribution in [0.5, 0.6) is 5.75 Å². The quantitative estimate of drug-likeness (QED) is 0.320. The monoisotopic (exact) mass is 363 g/mol. The highest BCUT2D eigenvalue weighted by molar-refractivity contribution is 6.01. The number of esters is 1. The van der Waals surface area contributed by atoms with E-state index >= 15 is 0 Å². The first-order valence-corrected chi connectivity index (χ1v) is 8.50. The molecule has 0 radical (unpaired) electrons. The molecule has 0 heterocycles. The van der Waals surface area contributed by atoms with Gasteiger partial charge in [0, 0.05) is 5.56 Å². The summed E-state index contributed by atoms with van der Waals surface area (Å²) in [6.45, 7) is 3.74. The number of rotatable bonds is 7. The largest absolute Gasteiger partial charge is 0.497 e. The van der Waals surface area contributed by atoms with Crippen LogP contribution in [-0.2, 0) is 9.53 Å². The topological polar surface area (TPSA) is 76.4 Å². The highest BCUT2D eigenvalue weighted by atomic mass is 16.5. The van der Waals surface area contributed by atoms with Gasteiger partial charge in [0.2, 0.25) is 0 Å². The fourth-order valence-corrected chi connectivity index (χ4v) is 2.35. The Hall–Kier alpha value is -3.39. The smallest absolute Gasteiger partial charge is 0.349 e. The van der Waals surface area contributed by atoms with Crippen LogP contribution in [0.3, 0.4) is 0 Å². The molecule has 5 heteroatoms. The van der Waals surface area contributed by atoms with Crippen molar-refractivity contribution in [3.63, 3.8) is 0 Å². The Morgan fingerprint density at radius 3 is 2.22 bits per heavy atom. The van der Waals surface area contributed by atoms with Crippen LogP contribution in [0.1, 0.15) is 41.3 Å². The van der Waals surface area contributed by atoms with Gasteiger partial charge < -0.3 is 9.47 Å². The summed E-state index contributed by atoms with van der Waals surface area (Å²) >= 11 is 0. The number of carbonyl (C=O) groups is 2. The molecule has 0 bridgehead atoms. The molecular weight excluding hydrogens is 342 g/mol. The number of benzene rings is 2. The third-order valence-corrected chi connectivity index (χ3v) is 4.00. The van der Waals surface area contributed by atoms with Crippen molar-refractivity contribution in [3.8, 4) is 11.8 Å². The van der Waals surface area contributed by atoms with E-state index in [2.05, 4.69) is 13.8 Å². The molecular formula is C22H21NO4. The van der Waals surface area contributed by atoms with Crippen molar-refractivity contribution in [2.75, 3.05) is 13.7 Å². The van der Waals surface area contributed by atoms with Crippen LogP contribution in [0, 0.1) is 11.3 Å². The molecule has 27 heavy (non-hydrogen) atoms. The van der Waals surface area contributed by atoms with Crippen molar-refractivity contribution in [1.29, 1.82) is 5.26 Å². The van der Waals surface area contributed by atoms with Crippen molar-refractivity contribution in [3.05, 3.63) is 70.8 Å². The van der Waals surface area contributed by atoms with Gasteiger partial charge in [-0.3, -0.25) is 4.79 Å². The predicted molar refractivity (Wildman–Crippen MR) is 102 cm³/mol. The van der Waals surface area contributed by atoms with Crippen LogP contribution in [0.2, 0.25) is 0 Å². The third-order valence-electron chi connectivity index (χ3n) is 4.00. The Kier molecular flexibility index (Phi) is 6.90. The number of Topliss-reactive ketones (excluding diaryl/α,β-unsaturated/α-hetero) is 1. The SMILES string of the molecule is COc1ccc(C(=O)COC(=O)/C(C#N)=C/c2ccc(C(C)C)cc2)cc1. The van der Waals surface area contributed by atoms with Crippen molar-refractivity contribution in [2.45, 2.75) is 19.8 Å². The summed E-state index contributed by atoms with van der Waals surface area (Å²) in [4.78, 5) is 24.2. The average Bonchev–Trinajstić information content (AvgIpc) is 2.70. The second kappa shape index (κ2) is 9.35. The van der Waals surface area contributed by atoms with Gasteiger partial charge in [0.15, 0.2) is 12.4 Å². The molecule has 0 aliphatic carbocycles. The number of hydrogen-bond donors (Lipinski definition) is 0. The molecule has 0 spiro atoms. The van der Waals surface area contributed by atoms with Crippen LogP contribution >= 0.6 is 0 Å². The summed E-state index contributed by atoms with van der Waals surface area (Å²) in [6.07, 6.45) is 1.45. The molecule has 0 aliphatic rings. The number of nitrogens with zero attached hydrogens (tertiary/aromatic N) is 1. The molecule has 2 aromatic carbocycles. The summed E-state index contributed by atoms with van der Waals surface area (Å²) < 4.78 is 10.0. The second-order valence-electron chi connectivity index (χ2n) is 6.22. The maximum absolute atomic E-state index is 12.1. The van der Waals surface area contributed by atoms with Gasteiger partial charge in [-0.25, -0.2) is 4.79 Å². The molecule has 0 aromatic heterocycles. The standard InChI is InChI=1S/C22H21NO4/c1-15(2)17-6-4-16(5-7-17)12-19(13-23)22(25)27-14-21(24)18-8-10-20(26-3)11-9-18/h4-12,15H,14H2,1-3H3/b19-12+. The molecule has 0 saturated heterocycles. The molecule has 2 aromatic rings. The molecule has 138 valence electrons. The number of nitriles is 1. The van der Waals surface area contributed by atoms with E-state index in [1.54, 1.807) is 24.3 Å². The zero-order chi connectivity index (χ0) is 19.8. The van der Waals surface area contributed by atoms with Crippen molar-refractivity contribution in [2.24, 2.45) is 0 Å². The zero-order valence-corrected chi connectivity index (χ0v) is 15.6. The summed E-state index contributed by atoms with van der Waals surface area (Å²) in [7, 11) is 1.53. The van der Waals surface area contributed by atoms with Crippen LogP contribution in [-0.4, -0.2) is 25.5 Å². The first-order valence-electron chi connectivity index (χ1n) is 8.50. The first-order chi connectivity index (χ1) is 12.9. The van der Waals surface area contributed by atoms with Gasteiger partial charge in [-0.05, 0) is 47.4 Å². The van der Waals surface area contributed by atoms with E-state index in [4.69, 9.17) is 9.47 Å². The van der Waals surface area contributed by atoms with E-state index in [0.29, 0.717) is 17.2 Å². The van der Waals surface area contributed by atoms with Gasteiger partial charge in [-0.2, -0.15) is 5.26 Å². The zero-order valence-electron chi connectivity index (χ0n) is 15.6. The minimum atomic E-state index is -0.827. The number of carbonyl (C=O) groups excluding carboxylic acids is 2. The molecule has 5 nitrogen and oxygen atoms in total. The van der Waals surface area contributed by atoms with Crippen molar-refractivity contribution >= 4 is 17.8 Å². The van der Waals surface area contributed by atoms with Gasteiger partial charge in [0.1, 0.15) is 17.4 Å². The Bertz CT molecular complexity index is 872. The van der Waals surface area contributed by atoms with Crippen molar-refractivity contribution in [1.82, 2.24) is 0 Å². The van der Waals surface area contributed by atoms with Gasteiger partial charge in [0.05, 0.1) is 7.11 Å². The minimum absolute atomic E-state index is 0.158.